The maximum atomic E-state index is 5.42. The second kappa shape index (κ2) is 7.98. The van der Waals surface area contributed by atoms with Crippen LogP contribution >= 0.6 is 11.3 Å². The van der Waals surface area contributed by atoms with Crippen molar-refractivity contribution in [1.82, 2.24) is 10.3 Å². The molecule has 1 N–H and O–H groups in total. The van der Waals surface area contributed by atoms with E-state index in [1.807, 2.05) is 18.3 Å². The van der Waals surface area contributed by atoms with Crippen LogP contribution in [0.15, 0.2) is 0 Å². The van der Waals surface area contributed by atoms with Crippen LogP contribution in [0.25, 0.3) is 0 Å². The highest BCUT2D eigenvalue weighted by atomic mass is 32.1. The standard InChI is InChI=1S/C15H28N2OS/c1-6-9-16-11-12-14(15(3,4)5)17-13(19-12)8-10-18-7-2/h16H,6-11H2,1-5H3. The molecule has 1 rings (SSSR count). The van der Waals surface area contributed by atoms with Gasteiger partial charge in [0.25, 0.3) is 0 Å². The third-order valence-corrected chi connectivity index (χ3v) is 3.94. The van der Waals surface area contributed by atoms with E-state index in [0.717, 1.165) is 32.7 Å². The molecule has 0 aromatic carbocycles. The van der Waals surface area contributed by atoms with Crippen molar-refractivity contribution in [2.75, 3.05) is 19.8 Å². The normalized spacial score (nSPS) is 12.1. The SMILES string of the molecule is CCCNCc1sc(CCOCC)nc1C(C)(C)C. The summed E-state index contributed by atoms with van der Waals surface area (Å²) in [6.07, 6.45) is 2.09. The predicted octanol–water partition coefficient (Wildman–Crippen LogP) is 3.52. The van der Waals surface area contributed by atoms with E-state index >= 15 is 0 Å². The Morgan fingerprint density at radius 3 is 2.58 bits per heavy atom. The molecule has 0 amide bonds. The van der Waals surface area contributed by atoms with E-state index in [0.29, 0.717) is 0 Å². The lowest BCUT2D eigenvalue weighted by Crippen LogP contribution is -2.19. The molecule has 0 aliphatic rings. The van der Waals surface area contributed by atoms with Crippen molar-refractivity contribution < 1.29 is 4.74 Å². The maximum absolute atomic E-state index is 5.42. The van der Waals surface area contributed by atoms with Crippen LogP contribution in [0.3, 0.4) is 0 Å². The summed E-state index contributed by atoms with van der Waals surface area (Å²) in [5, 5.41) is 4.68. The van der Waals surface area contributed by atoms with Crippen LogP contribution in [0.1, 0.15) is 56.6 Å². The van der Waals surface area contributed by atoms with Crippen molar-refractivity contribution in [3.05, 3.63) is 15.6 Å². The van der Waals surface area contributed by atoms with E-state index in [1.54, 1.807) is 0 Å². The molecule has 0 aliphatic carbocycles. The molecule has 0 fully saturated rings. The number of rotatable bonds is 8. The van der Waals surface area contributed by atoms with Crippen LogP contribution in [0.4, 0.5) is 0 Å². The quantitative estimate of drug-likeness (QED) is 0.742. The molecule has 4 heteroatoms. The zero-order chi connectivity index (χ0) is 14.3. The van der Waals surface area contributed by atoms with Crippen LogP contribution in [-0.4, -0.2) is 24.7 Å². The molecule has 1 aromatic heterocycles. The topological polar surface area (TPSA) is 34.1 Å². The fourth-order valence-corrected chi connectivity index (χ4v) is 3.13. The second-order valence-electron chi connectivity index (χ2n) is 5.75. The molecular weight excluding hydrogens is 256 g/mol. The van der Waals surface area contributed by atoms with Gasteiger partial charge in [0.2, 0.25) is 0 Å². The molecule has 0 bridgehead atoms. The van der Waals surface area contributed by atoms with Gasteiger partial charge in [0.05, 0.1) is 17.3 Å². The average molecular weight is 284 g/mol. The average Bonchev–Trinajstić information content (AvgIpc) is 2.73. The van der Waals surface area contributed by atoms with Gasteiger partial charge in [-0.2, -0.15) is 0 Å². The maximum Gasteiger partial charge on any atom is 0.0954 e. The Balaban J connectivity index is 2.74. The molecule has 1 heterocycles. The van der Waals surface area contributed by atoms with Gasteiger partial charge < -0.3 is 10.1 Å². The Bertz CT molecular complexity index is 369. The van der Waals surface area contributed by atoms with Gasteiger partial charge in [0.1, 0.15) is 0 Å². The lowest BCUT2D eigenvalue weighted by molar-refractivity contribution is 0.151. The number of nitrogens with one attached hydrogen (secondary N) is 1. The van der Waals surface area contributed by atoms with Crippen LogP contribution in [-0.2, 0) is 23.1 Å². The summed E-state index contributed by atoms with van der Waals surface area (Å²) in [6.45, 7) is 14.5. The summed E-state index contributed by atoms with van der Waals surface area (Å²) < 4.78 is 5.42. The van der Waals surface area contributed by atoms with E-state index in [-0.39, 0.29) is 5.41 Å². The predicted molar refractivity (Wildman–Crippen MR) is 83.0 cm³/mol. The minimum Gasteiger partial charge on any atom is -0.381 e. The van der Waals surface area contributed by atoms with Gasteiger partial charge in [-0.3, -0.25) is 0 Å². The molecule has 0 atom stereocenters. The van der Waals surface area contributed by atoms with Crippen LogP contribution in [0, 0.1) is 0 Å². The molecule has 0 saturated carbocycles. The van der Waals surface area contributed by atoms with Gasteiger partial charge in [0, 0.05) is 29.9 Å². The largest absolute Gasteiger partial charge is 0.381 e. The molecule has 0 unspecified atom stereocenters. The highest BCUT2D eigenvalue weighted by Gasteiger charge is 2.22. The van der Waals surface area contributed by atoms with Gasteiger partial charge in [-0.25, -0.2) is 4.98 Å². The van der Waals surface area contributed by atoms with Crippen LogP contribution in [0.2, 0.25) is 0 Å². The summed E-state index contributed by atoms with van der Waals surface area (Å²) in [5.74, 6) is 0. The van der Waals surface area contributed by atoms with Crippen molar-refractivity contribution >= 4 is 11.3 Å². The summed E-state index contributed by atoms with van der Waals surface area (Å²) in [5.41, 5.74) is 1.36. The number of hydrogen-bond donors (Lipinski definition) is 1. The van der Waals surface area contributed by atoms with Gasteiger partial charge in [-0.15, -0.1) is 11.3 Å². The highest BCUT2D eigenvalue weighted by molar-refractivity contribution is 7.11. The van der Waals surface area contributed by atoms with Crippen molar-refractivity contribution in [3.8, 4) is 0 Å². The summed E-state index contributed by atoms with van der Waals surface area (Å²) in [7, 11) is 0. The minimum atomic E-state index is 0.115. The van der Waals surface area contributed by atoms with Gasteiger partial charge >= 0.3 is 0 Å². The van der Waals surface area contributed by atoms with Crippen molar-refractivity contribution in [2.24, 2.45) is 0 Å². The Morgan fingerprint density at radius 1 is 1.26 bits per heavy atom. The Labute approximate surface area is 121 Å². The minimum absolute atomic E-state index is 0.115. The first-order chi connectivity index (χ1) is 8.99. The molecule has 1 aromatic rings. The van der Waals surface area contributed by atoms with E-state index in [1.165, 1.54) is 22.0 Å². The molecule has 0 aliphatic heterocycles. The number of thiazole rings is 1. The summed E-state index contributed by atoms with van der Waals surface area (Å²) in [6, 6.07) is 0. The van der Waals surface area contributed by atoms with Gasteiger partial charge in [-0.1, -0.05) is 27.7 Å². The molecule has 0 radical (unpaired) electrons. The first kappa shape index (κ1) is 16.6. The molecule has 0 saturated heterocycles. The Hall–Kier alpha value is -0.450. The lowest BCUT2D eigenvalue weighted by Gasteiger charge is -2.17. The van der Waals surface area contributed by atoms with Crippen LogP contribution < -0.4 is 5.32 Å². The fourth-order valence-electron chi connectivity index (χ4n) is 1.90. The molecule has 110 valence electrons. The van der Waals surface area contributed by atoms with E-state index in [2.05, 4.69) is 33.0 Å². The van der Waals surface area contributed by atoms with E-state index in [4.69, 9.17) is 9.72 Å². The number of aromatic nitrogens is 1. The number of nitrogens with zero attached hydrogens (tertiary/aromatic N) is 1. The molecule has 0 spiro atoms. The summed E-state index contributed by atoms with van der Waals surface area (Å²) >= 11 is 1.83. The van der Waals surface area contributed by atoms with E-state index < -0.39 is 0 Å². The number of ether oxygens (including phenoxy) is 1. The monoisotopic (exact) mass is 284 g/mol. The lowest BCUT2D eigenvalue weighted by atomic mass is 9.91. The third-order valence-electron chi connectivity index (χ3n) is 2.83. The van der Waals surface area contributed by atoms with Crippen molar-refractivity contribution in [2.45, 2.75) is 59.4 Å². The first-order valence-corrected chi connectivity index (χ1v) is 8.08. The van der Waals surface area contributed by atoms with Crippen molar-refractivity contribution in [1.29, 1.82) is 0 Å². The summed E-state index contributed by atoms with van der Waals surface area (Å²) in [4.78, 5) is 6.21. The molecule has 19 heavy (non-hydrogen) atoms. The zero-order valence-corrected chi connectivity index (χ0v) is 13.8. The van der Waals surface area contributed by atoms with Gasteiger partial charge in [0.15, 0.2) is 0 Å². The van der Waals surface area contributed by atoms with E-state index in [9.17, 15) is 0 Å². The fraction of sp³-hybridized carbons (Fsp3) is 0.800. The number of hydrogen-bond acceptors (Lipinski definition) is 4. The second-order valence-corrected chi connectivity index (χ2v) is 6.92. The zero-order valence-electron chi connectivity index (χ0n) is 13.0. The van der Waals surface area contributed by atoms with Gasteiger partial charge in [-0.05, 0) is 19.9 Å². The van der Waals surface area contributed by atoms with Crippen LogP contribution in [0.5, 0.6) is 0 Å². The highest BCUT2D eigenvalue weighted by Crippen LogP contribution is 2.29. The molecule has 3 nitrogen and oxygen atoms in total. The van der Waals surface area contributed by atoms with Crippen molar-refractivity contribution in [3.63, 3.8) is 0 Å². The Morgan fingerprint density at radius 2 is 2.00 bits per heavy atom. The smallest absolute Gasteiger partial charge is 0.0954 e. The third kappa shape index (κ3) is 5.59. The Kier molecular flexibility index (Phi) is 6.97. The molecular formula is C15H28N2OS. The first-order valence-electron chi connectivity index (χ1n) is 7.26.